The molecule has 2 N–H and O–H groups in total. The number of fused-ring (bicyclic) bond motifs is 2. The molecule has 6 rings (SSSR count). The average molecular weight is 485 g/mol. The van der Waals surface area contributed by atoms with Crippen molar-refractivity contribution in [2.24, 2.45) is 0 Å². The van der Waals surface area contributed by atoms with Gasteiger partial charge in [0.25, 0.3) is 5.91 Å². The molecule has 8 nitrogen and oxygen atoms in total. The van der Waals surface area contributed by atoms with Crippen LogP contribution in [0.4, 0.5) is 5.95 Å². The number of imidazole rings is 1. The van der Waals surface area contributed by atoms with Crippen molar-refractivity contribution in [3.05, 3.63) is 100 Å². The summed E-state index contributed by atoms with van der Waals surface area (Å²) >= 11 is 6.07. The number of carbonyl (C=O) groups is 2. The quantitative estimate of drug-likeness (QED) is 0.328. The SMILES string of the molecule is Cc1ccc2nc(N3C(=O)C(O)=C(C(=O)c4cc5cc(Cl)ccc5o4)C3c3cccnc3)[nH]c2c1. The first kappa shape index (κ1) is 21.1. The Morgan fingerprint density at radius 2 is 2.03 bits per heavy atom. The van der Waals surface area contributed by atoms with E-state index < -0.39 is 23.5 Å². The second-order valence-electron chi connectivity index (χ2n) is 8.33. The highest BCUT2D eigenvalue weighted by molar-refractivity contribution is 6.31. The number of aromatic nitrogens is 3. The maximum atomic E-state index is 13.7. The lowest BCUT2D eigenvalue weighted by Crippen LogP contribution is -2.32. The number of aryl methyl sites for hydroxylation is 1. The van der Waals surface area contributed by atoms with Gasteiger partial charge in [0.2, 0.25) is 11.7 Å². The van der Waals surface area contributed by atoms with E-state index in [1.54, 1.807) is 48.8 Å². The number of nitrogens with one attached hydrogen (secondary N) is 1. The van der Waals surface area contributed by atoms with Gasteiger partial charge in [-0.15, -0.1) is 0 Å². The molecule has 1 atom stereocenters. The highest BCUT2D eigenvalue weighted by Gasteiger charge is 2.46. The maximum absolute atomic E-state index is 13.7. The number of Topliss-reactive ketones (excluding diaryl/α,β-unsaturated/α-hetero) is 1. The first-order valence-electron chi connectivity index (χ1n) is 10.8. The molecule has 0 saturated carbocycles. The van der Waals surface area contributed by atoms with E-state index >= 15 is 0 Å². The summed E-state index contributed by atoms with van der Waals surface area (Å²) in [6.07, 6.45) is 3.13. The molecule has 0 fully saturated rings. The molecule has 1 amide bonds. The van der Waals surface area contributed by atoms with E-state index in [9.17, 15) is 14.7 Å². The number of aliphatic hydroxyl groups excluding tert-OH is 1. The summed E-state index contributed by atoms with van der Waals surface area (Å²) in [6, 6.07) is 14.6. The Morgan fingerprint density at radius 1 is 1.17 bits per heavy atom. The van der Waals surface area contributed by atoms with Crippen LogP contribution in [0.2, 0.25) is 5.02 Å². The number of amides is 1. The molecule has 0 spiro atoms. The molecule has 5 aromatic rings. The first-order valence-corrected chi connectivity index (χ1v) is 11.2. The van der Waals surface area contributed by atoms with E-state index in [0.717, 1.165) is 11.1 Å². The molecule has 1 aliphatic heterocycles. The van der Waals surface area contributed by atoms with Crippen LogP contribution in [0, 0.1) is 6.92 Å². The topological polar surface area (TPSA) is 112 Å². The van der Waals surface area contributed by atoms with Gasteiger partial charge in [0.15, 0.2) is 11.5 Å². The number of furan rings is 1. The van der Waals surface area contributed by atoms with Crippen LogP contribution in [0.25, 0.3) is 22.0 Å². The van der Waals surface area contributed by atoms with Crippen molar-refractivity contribution in [2.45, 2.75) is 13.0 Å². The number of aromatic amines is 1. The zero-order chi connectivity index (χ0) is 24.3. The van der Waals surface area contributed by atoms with Crippen molar-refractivity contribution in [2.75, 3.05) is 4.90 Å². The normalized spacial score (nSPS) is 16.1. The smallest absolute Gasteiger partial charge is 0.296 e. The molecule has 9 heteroatoms. The molecule has 2 aromatic carbocycles. The van der Waals surface area contributed by atoms with Crippen LogP contribution < -0.4 is 4.90 Å². The molecule has 172 valence electrons. The van der Waals surface area contributed by atoms with Gasteiger partial charge < -0.3 is 14.5 Å². The van der Waals surface area contributed by atoms with Crippen LogP contribution in [0.15, 0.2) is 82.7 Å². The van der Waals surface area contributed by atoms with Crippen molar-refractivity contribution >= 4 is 51.2 Å². The minimum atomic E-state index is -0.970. The molecule has 1 unspecified atom stereocenters. The lowest BCUT2D eigenvalue weighted by atomic mass is 9.96. The van der Waals surface area contributed by atoms with Crippen LogP contribution in [-0.2, 0) is 4.79 Å². The van der Waals surface area contributed by atoms with Crippen LogP contribution in [-0.4, -0.2) is 31.7 Å². The number of anilines is 1. The van der Waals surface area contributed by atoms with E-state index in [0.29, 0.717) is 27.1 Å². The number of aliphatic hydroxyl groups is 1. The molecule has 0 bridgehead atoms. The number of H-pyrrole nitrogens is 1. The maximum Gasteiger partial charge on any atom is 0.296 e. The average Bonchev–Trinajstić information content (AvgIpc) is 3.53. The van der Waals surface area contributed by atoms with Crippen LogP contribution in [0.1, 0.15) is 27.7 Å². The second-order valence-corrected chi connectivity index (χ2v) is 8.77. The Bertz CT molecular complexity index is 1690. The van der Waals surface area contributed by atoms with Gasteiger partial charge in [-0.05, 0) is 60.5 Å². The minimum Gasteiger partial charge on any atom is -0.503 e. The van der Waals surface area contributed by atoms with Gasteiger partial charge in [0.1, 0.15) is 5.58 Å². The molecule has 0 aliphatic carbocycles. The fraction of sp³-hybridized carbons (Fsp3) is 0.0769. The first-order chi connectivity index (χ1) is 16.9. The van der Waals surface area contributed by atoms with E-state index in [1.165, 1.54) is 4.90 Å². The van der Waals surface area contributed by atoms with Gasteiger partial charge in [-0.25, -0.2) is 4.98 Å². The zero-order valence-electron chi connectivity index (χ0n) is 18.3. The number of carbonyl (C=O) groups excluding carboxylic acids is 2. The third-order valence-electron chi connectivity index (χ3n) is 6.01. The van der Waals surface area contributed by atoms with Crippen molar-refractivity contribution in [1.29, 1.82) is 0 Å². The largest absolute Gasteiger partial charge is 0.503 e. The third-order valence-corrected chi connectivity index (χ3v) is 6.24. The molecule has 35 heavy (non-hydrogen) atoms. The molecule has 4 heterocycles. The number of hydrogen-bond acceptors (Lipinski definition) is 6. The summed E-state index contributed by atoms with van der Waals surface area (Å²) in [5, 5.41) is 12.1. The van der Waals surface area contributed by atoms with Gasteiger partial charge >= 0.3 is 0 Å². The highest BCUT2D eigenvalue weighted by atomic mass is 35.5. The summed E-state index contributed by atoms with van der Waals surface area (Å²) in [5.41, 5.74) is 3.27. The van der Waals surface area contributed by atoms with E-state index in [2.05, 4.69) is 15.0 Å². The molecular weight excluding hydrogens is 468 g/mol. The molecular formula is C26H17ClN4O4. The fourth-order valence-electron chi connectivity index (χ4n) is 4.39. The van der Waals surface area contributed by atoms with Crippen LogP contribution in [0.3, 0.4) is 0 Å². The van der Waals surface area contributed by atoms with Crippen molar-refractivity contribution < 1.29 is 19.1 Å². The predicted molar refractivity (Wildman–Crippen MR) is 131 cm³/mol. The van der Waals surface area contributed by atoms with Gasteiger partial charge in [-0.3, -0.25) is 19.5 Å². The van der Waals surface area contributed by atoms with Crippen molar-refractivity contribution in [3.63, 3.8) is 0 Å². The number of ketones is 1. The number of benzene rings is 2. The number of pyridine rings is 1. The third kappa shape index (κ3) is 3.38. The number of nitrogens with zero attached hydrogens (tertiary/aromatic N) is 3. The monoisotopic (exact) mass is 484 g/mol. The molecule has 3 aromatic heterocycles. The van der Waals surface area contributed by atoms with E-state index in [-0.39, 0.29) is 17.3 Å². The highest BCUT2D eigenvalue weighted by Crippen LogP contribution is 2.41. The zero-order valence-corrected chi connectivity index (χ0v) is 19.1. The Hall–Kier alpha value is -4.43. The van der Waals surface area contributed by atoms with E-state index in [1.807, 2.05) is 25.1 Å². The molecule has 1 aliphatic rings. The van der Waals surface area contributed by atoms with Crippen molar-refractivity contribution in [3.8, 4) is 0 Å². The standard InChI is InChI=1S/C26H17ClN4O4/c1-13-4-6-17-18(9-13)30-26(29-17)31-22(14-3-2-8-28-12-14)21(24(33)25(31)34)23(32)20-11-15-10-16(27)5-7-19(15)35-20/h2-12,22,33H,1H3,(H,29,30). The number of rotatable bonds is 4. The van der Waals surface area contributed by atoms with Gasteiger partial charge in [-0.2, -0.15) is 0 Å². The van der Waals surface area contributed by atoms with Gasteiger partial charge in [0.05, 0.1) is 22.6 Å². The van der Waals surface area contributed by atoms with Crippen LogP contribution in [0.5, 0.6) is 0 Å². The Labute approximate surface area is 203 Å². The Morgan fingerprint density at radius 3 is 2.83 bits per heavy atom. The number of hydrogen-bond donors (Lipinski definition) is 2. The van der Waals surface area contributed by atoms with Gasteiger partial charge in [-0.1, -0.05) is 23.7 Å². The molecule has 0 radical (unpaired) electrons. The molecule has 0 saturated heterocycles. The predicted octanol–water partition coefficient (Wildman–Crippen LogP) is 5.45. The summed E-state index contributed by atoms with van der Waals surface area (Å²) in [4.78, 5) is 40.1. The summed E-state index contributed by atoms with van der Waals surface area (Å²) < 4.78 is 5.74. The summed E-state index contributed by atoms with van der Waals surface area (Å²) in [5.74, 6) is -1.86. The summed E-state index contributed by atoms with van der Waals surface area (Å²) in [6.45, 7) is 1.95. The van der Waals surface area contributed by atoms with Crippen molar-refractivity contribution in [1.82, 2.24) is 15.0 Å². The van der Waals surface area contributed by atoms with Gasteiger partial charge in [0, 0.05) is 22.8 Å². The lowest BCUT2D eigenvalue weighted by molar-refractivity contribution is -0.117. The lowest BCUT2D eigenvalue weighted by Gasteiger charge is -2.23. The van der Waals surface area contributed by atoms with E-state index in [4.69, 9.17) is 16.0 Å². The minimum absolute atomic E-state index is 0.0208. The number of halogens is 1. The summed E-state index contributed by atoms with van der Waals surface area (Å²) in [7, 11) is 0. The second kappa shape index (κ2) is 7.82. The fourth-order valence-corrected chi connectivity index (χ4v) is 4.57. The Kier molecular flexibility index (Phi) is 4.72. The van der Waals surface area contributed by atoms with Crippen LogP contribution >= 0.6 is 11.6 Å². The Balaban J connectivity index is 1.50.